The minimum atomic E-state index is 0.487. The van der Waals surface area contributed by atoms with E-state index < -0.39 is 0 Å². The standard InChI is InChI=1S/C13H15ClN2OS/c1-9(2)7-18-8-12-15-13(17-16-12)10-5-3-4-6-11(10)14/h3-6,9H,7-8H2,1-2H3. The molecule has 1 heterocycles. The monoisotopic (exact) mass is 282 g/mol. The van der Waals surface area contributed by atoms with Gasteiger partial charge in [-0.25, -0.2) is 0 Å². The number of thioether (sulfide) groups is 1. The molecule has 0 N–H and O–H groups in total. The molecule has 0 fully saturated rings. The first-order chi connectivity index (χ1) is 8.66. The molecule has 0 aliphatic carbocycles. The van der Waals surface area contributed by atoms with Crippen LogP contribution in [0.25, 0.3) is 11.5 Å². The van der Waals surface area contributed by atoms with Gasteiger partial charge in [0.05, 0.1) is 16.3 Å². The number of aromatic nitrogens is 2. The van der Waals surface area contributed by atoms with E-state index in [1.807, 2.05) is 36.0 Å². The average molecular weight is 283 g/mol. The van der Waals surface area contributed by atoms with Gasteiger partial charge in [0.1, 0.15) is 0 Å². The number of hydrogen-bond donors (Lipinski definition) is 0. The molecule has 1 aromatic carbocycles. The van der Waals surface area contributed by atoms with E-state index in [9.17, 15) is 0 Å². The first-order valence-corrected chi connectivity index (χ1v) is 7.35. The van der Waals surface area contributed by atoms with E-state index >= 15 is 0 Å². The molecule has 96 valence electrons. The molecule has 0 unspecified atom stereocenters. The van der Waals surface area contributed by atoms with Crippen molar-refractivity contribution < 1.29 is 4.52 Å². The summed E-state index contributed by atoms with van der Waals surface area (Å²) in [7, 11) is 0. The van der Waals surface area contributed by atoms with Crippen LogP contribution in [0, 0.1) is 5.92 Å². The SMILES string of the molecule is CC(C)CSCc1noc(-c2ccccc2Cl)n1. The Morgan fingerprint density at radius 2 is 2.11 bits per heavy atom. The molecule has 0 aliphatic rings. The highest BCUT2D eigenvalue weighted by atomic mass is 35.5. The number of nitrogens with zero attached hydrogens (tertiary/aromatic N) is 2. The molecule has 18 heavy (non-hydrogen) atoms. The second-order valence-corrected chi connectivity index (χ2v) is 5.84. The minimum absolute atomic E-state index is 0.487. The smallest absolute Gasteiger partial charge is 0.259 e. The zero-order valence-corrected chi connectivity index (χ0v) is 12.0. The van der Waals surface area contributed by atoms with E-state index in [2.05, 4.69) is 24.0 Å². The molecule has 5 heteroatoms. The van der Waals surface area contributed by atoms with Crippen LogP contribution >= 0.6 is 23.4 Å². The lowest BCUT2D eigenvalue weighted by molar-refractivity contribution is 0.425. The third-order valence-corrected chi connectivity index (χ3v) is 3.95. The van der Waals surface area contributed by atoms with Crippen molar-refractivity contribution in [1.29, 1.82) is 0 Å². The Bertz CT molecular complexity index is 513. The van der Waals surface area contributed by atoms with Gasteiger partial charge in [0.25, 0.3) is 5.89 Å². The maximum absolute atomic E-state index is 6.08. The van der Waals surface area contributed by atoms with Crippen LogP contribution in [0.3, 0.4) is 0 Å². The molecule has 0 aliphatic heterocycles. The van der Waals surface area contributed by atoms with Crippen LogP contribution in [0.4, 0.5) is 0 Å². The number of rotatable bonds is 5. The van der Waals surface area contributed by atoms with Crippen molar-refractivity contribution in [1.82, 2.24) is 10.1 Å². The van der Waals surface area contributed by atoms with Crippen LogP contribution in [0.5, 0.6) is 0 Å². The van der Waals surface area contributed by atoms with Gasteiger partial charge in [-0.15, -0.1) is 0 Å². The Morgan fingerprint density at radius 3 is 2.83 bits per heavy atom. The molecule has 0 saturated heterocycles. The van der Waals surface area contributed by atoms with Crippen molar-refractivity contribution in [2.45, 2.75) is 19.6 Å². The predicted molar refractivity (Wildman–Crippen MR) is 75.7 cm³/mol. The summed E-state index contributed by atoms with van der Waals surface area (Å²) in [4.78, 5) is 4.36. The highest BCUT2D eigenvalue weighted by Crippen LogP contribution is 2.26. The van der Waals surface area contributed by atoms with Crippen LogP contribution < -0.4 is 0 Å². The topological polar surface area (TPSA) is 38.9 Å². The van der Waals surface area contributed by atoms with Crippen LogP contribution in [-0.4, -0.2) is 15.9 Å². The molecule has 2 aromatic rings. The number of halogens is 1. The summed E-state index contributed by atoms with van der Waals surface area (Å²) >= 11 is 7.89. The lowest BCUT2D eigenvalue weighted by Gasteiger charge is -2.00. The third-order valence-electron chi connectivity index (χ3n) is 2.25. The van der Waals surface area contributed by atoms with Crippen molar-refractivity contribution >= 4 is 23.4 Å². The van der Waals surface area contributed by atoms with Crippen molar-refractivity contribution in [3.05, 3.63) is 35.1 Å². The summed E-state index contributed by atoms with van der Waals surface area (Å²) < 4.78 is 5.23. The normalized spacial score (nSPS) is 11.1. The Morgan fingerprint density at radius 1 is 1.33 bits per heavy atom. The summed E-state index contributed by atoms with van der Waals surface area (Å²) in [6.45, 7) is 4.39. The van der Waals surface area contributed by atoms with Crippen LogP contribution in [0.15, 0.2) is 28.8 Å². The first-order valence-electron chi connectivity index (χ1n) is 5.82. The Hall–Kier alpha value is -1.00. The first kappa shape index (κ1) is 13.4. The second-order valence-electron chi connectivity index (χ2n) is 4.40. The van der Waals surface area contributed by atoms with E-state index in [0.29, 0.717) is 16.8 Å². The molecule has 3 nitrogen and oxygen atoms in total. The molecule has 0 bridgehead atoms. The Kier molecular flexibility index (Phi) is 4.66. The van der Waals surface area contributed by atoms with Crippen LogP contribution in [0.2, 0.25) is 5.02 Å². The van der Waals surface area contributed by atoms with Gasteiger partial charge in [0.15, 0.2) is 5.82 Å². The zero-order valence-electron chi connectivity index (χ0n) is 10.4. The van der Waals surface area contributed by atoms with Gasteiger partial charge in [-0.1, -0.05) is 42.7 Å². The molecule has 0 radical (unpaired) electrons. The van der Waals surface area contributed by atoms with E-state index in [1.165, 1.54) is 0 Å². The Balaban J connectivity index is 2.04. The average Bonchev–Trinajstić information content (AvgIpc) is 2.78. The van der Waals surface area contributed by atoms with Gasteiger partial charge in [0, 0.05) is 0 Å². The van der Waals surface area contributed by atoms with Crippen LogP contribution in [0.1, 0.15) is 19.7 Å². The summed E-state index contributed by atoms with van der Waals surface area (Å²) in [5.74, 6) is 3.74. The highest BCUT2D eigenvalue weighted by molar-refractivity contribution is 7.98. The molecule has 0 amide bonds. The fraction of sp³-hybridized carbons (Fsp3) is 0.385. The quantitative estimate of drug-likeness (QED) is 0.820. The van der Waals surface area contributed by atoms with Crippen molar-refractivity contribution in [2.24, 2.45) is 5.92 Å². The summed E-state index contributed by atoms with van der Waals surface area (Å²) in [6.07, 6.45) is 0. The maximum atomic E-state index is 6.08. The fourth-order valence-corrected chi connectivity index (χ4v) is 2.55. The van der Waals surface area contributed by atoms with Crippen LogP contribution in [-0.2, 0) is 5.75 Å². The molecule has 2 rings (SSSR count). The zero-order chi connectivity index (χ0) is 13.0. The highest BCUT2D eigenvalue weighted by Gasteiger charge is 2.11. The lowest BCUT2D eigenvalue weighted by Crippen LogP contribution is -1.92. The Labute approximate surface area is 116 Å². The molecule has 0 atom stereocenters. The van der Waals surface area contributed by atoms with Crippen molar-refractivity contribution in [3.8, 4) is 11.5 Å². The minimum Gasteiger partial charge on any atom is -0.334 e. The number of benzene rings is 1. The maximum Gasteiger partial charge on any atom is 0.259 e. The third kappa shape index (κ3) is 3.50. The van der Waals surface area contributed by atoms with Gasteiger partial charge in [-0.2, -0.15) is 16.7 Å². The van der Waals surface area contributed by atoms with E-state index in [-0.39, 0.29) is 0 Å². The van der Waals surface area contributed by atoms with E-state index in [4.69, 9.17) is 16.1 Å². The van der Waals surface area contributed by atoms with Crippen molar-refractivity contribution in [3.63, 3.8) is 0 Å². The lowest BCUT2D eigenvalue weighted by atomic mass is 10.2. The van der Waals surface area contributed by atoms with Gasteiger partial charge < -0.3 is 4.52 Å². The predicted octanol–water partition coefficient (Wildman–Crippen LogP) is 4.28. The van der Waals surface area contributed by atoms with Gasteiger partial charge >= 0.3 is 0 Å². The molecular formula is C13H15ClN2OS. The summed E-state index contributed by atoms with van der Waals surface area (Å²) in [5.41, 5.74) is 0.784. The fourth-order valence-electron chi connectivity index (χ4n) is 1.44. The van der Waals surface area contributed by atoms with Gasteiger partial charge in [-0.05, 0) is 23.8 Å². The number of hydrogen-bond acceptors (Lipinski definition) is 4. The summed E-state index contributed by atoms with van der Waals surface area (Å²) in [5, 5.41) is 4.59. The van der Waals surface area contributed by atoms with Gasteiger partial charge in [0.2, 0.25) is 0 Å². The van der Waals surface area contributed by atoms with E-state index in [1.54, 1.807) is 0 Å². The molecular weight excluding hydrogens is 268 g/mol. The van der Waals surface area contributed by atoms with E-state index in [0.717, 1.165) is 22.9 Å². The van der Waals surface area contributed by atoms with Gasteiger partial charge in [-0.3, -0.25) is 0 Å². The van der Waals surface area contributed by atoms with Crippen molar-refractivity contribution in [2.75, 3.05) is 5.75 Å². The largest absolute Gasteiger partial charge is 0.334 e. The molecule has 0 spiro atoms. The molecule has 1 aromatic heterocycles. The molecule has 0 saturated carbocycles. The summed E-state index contributed by atoms with van der Waals surface area (Å²) in [6, 6.07) is 7.47. The second kappa shape index (κ2) is 6.25.